The van der Waals surface area contributed by atoms with Crippen molar-refractivity contribution in [3.05, 3.63) is 64.2 Å². The van der Waals surface area contributed by atoms with Gasteiger partial charge in [-0.15, -0.1) is 0 Å². The Hall–Kier alpha value is -2.66. The number of hydrogen-bond donors (Lipinski definition) is 1. The minimum Gasteiger partial charge on any atom is -0.378 e. The first-order valence-electron chi connectivity index (χ1n) is 8.82. The number of nitrogens with one attached hydrogen (secondary N) is 1. The lowest BCUT2D eigenvalue weighted by molar-refractivity contribution is 0.0303. The second-order valence-corrected chi connectivity index (χ2v) is 6.66. The third-order valence-corrected chi connectivity index (χ3v) is 4.79. The van der Waals surface area contributed by atoms with E-state index in [1.165, 1.54) is 0 Å². The SMILES string of the molecule is Cc1cc(C)c(C(=O)Nc2ccccc2C(=O)N2CCOCC2)cc1C. The van der Waals surface area contributed by atoms with E-state index in [2.05, 4.69) is 5.32 Å². The van der Waals surface area contributed by atoms with Crippen LogP contribution in [0.15, 0.2) is 36.4 Å². The number of carbonyl (C=O) groups excluding carboxylic acids is 2. The van der Waals surface area contributed by atoms with Crippen molar-refractivity contribution in [3.63, 3.8) is 0 Å². The molecule has 2 aromatic carbocycles. The van der Waals surface area contributed by atoms with Crippen LogP contribution in [0, 0.1) is 20.8 Å². The predicted molar refractivity (Wildman–Crippen MR) is 102 cm³/mol. The lowest BCUT2D eigenvalue weighted by atomic mass is 10.00. The number of rotatable bonds is 3. The van der Waals surface area contributed by atoms with Crippen LogP contribution in [0.1, 0.15) is 37.4 Å². The Morgan fingerprint density at radius 1 is 0.923 bits per heavy atom. The van der Waals surface area contributed by atoms with Gasteiger partial charge in [0.05, 0.1) is 24.5 Å². The third-order valence-electron chi connectivity index (χ3n) is 4.79. The van der Waals surface area contributed by atoms with E-state index >= 15 is 0 Å². The van der Waals surface area contributed by atoms with E-state index < -0.39 is 0 Å². The van der Waals surface area contributed by atoms with Gasteiger partial charge < -0.3 is 15.0 Å². The van der Waals surface area contributed by atoms with Gasteiger partial charge in [-0.2, -0.15) is 0 Å². The molecule has 0 spiro atoms. The van der Waals surface area contributed by atoms with Gasteiger partial charge in [-0.25, -0.2) is 0 Å². The Kier molecular flexibility index (Phi) is 5.38. The molecular weight excluding hydrogens is 328 g/mol. The first-order chi connectivity index (χ1) is 12.5. The Morgan fingerprint density at radius 3 is 2.31 bits per heavy atom. The normalized spacial score (nSPS) is 14.2. The maximum Gasteiger partial charge on any atom is 0.256 e. The third kappa shape index (κ3) is 3.78. The summed E-state index contributed by atoms with van der Waals surface area (Å²) in [5.41, 5.74) is 4.81. The van der Waals surface area contributed by atoms with Crippen LogP contribution in [0.3, 0.4) is 0 Å². The molecule has 1 N–H and O–H groups in total. The number of para-hydroxylation sites is 1. The van der Waals surface area contributed by atoms with Gasteiger partial charge in [0, 0.05) is 18.7 Å². The molecule has 1 aliphatic heterocycles. The maximum absolute atomic E-state index is 12.8. The van der Waals surface area contributed by atoms with Crippen molar-refractivity contribution in [2.24, 2.45) is 0 Å². The molecule has 1 aliphatic rings. The fraction of sp³-hybridized carbons (Fsp3) is 0.333. The summed E-state index contributed by atoms with van der Waals surface area (Å²) in [4.78, 5) is 27.4. The van der Waals surface area contributed by atoms with Crippen LogP contribution in [0.25, 0.3) is 0 Å². The number of carbonyl (C=O) groups is 2. The summed E-state index contributed by atoms with van der Waals surface area (Å²) in [7, 11) is 0. The van der Waals surface area contributed by atoms with Crippen molar-refractivity contribution in [1.29, 1.82) is 0 Å². The summed E-state index contributed by atoms with van der Waals surface area (Å²) in [5, 5.41) is 2.92. The maximum atomic E-state index is 12.8. The van der Waals surface area contributed by atoms with Gasteiger partial charge in [-0.1, -0.05) is 18.2 Å². The zero-order valence-electron chi connectivity index (χ0n) is 15.5. The summed E-state index contributed by atoms with van der Waals surface area (Å²) in [5.74, 6) is -0.283. The average Bonchev–Trinajstić information content (AvgIpc) is 2.65. The van der Waals surface area contributed by atoms with Crippen LogP contribution < -0.4 is 5.32 Å². The molecule has 0 aromatic heterocycles. The number of anilines is 1. The minimum atomic E-state index is -0.201. The molecule has 2 amide bonds. The molecule has 0 unspecified atom stereocenters. The second-order valence-electron chi connectivity index (χ2n) is 6.66. The molecular formula is C21H24N2O3. The monoisotopic (exact) mass is 352 g/mol. The van der Waals surface area contributed by atoms with Crippen molar-refractivity contribution >= 4 is 17.5 Å². The molecule has 2 aromatic rings. The fourth-order valence-electron chi connectivity index (χ4n) is 3.11. The largest absolute Gasteiger partial charge is 0.378 e. The van der Waals surface area contributed by atoms with Gasteiger partial charge in [0.15, 0.2) is 0 Å². The van der Waals surface area contributed by atoms with Gasteiger partial charge in [0.2, 0.25) is 0 Å². The zero-order chi connectivity index (χ0) is 18.7. The van der Waals surface area contributed by atoms with Crippen molar-refractivity contribution in [3.8, 4) is 0 Å². The van der Waals surface area contributed by atoms with E-state index in [-0.39, 0.29) is 11.8 Å². The van der Waals surface area contributed by atoms with E-state index in [1.54, 1.807) is 17.0 Å². The number of morpholine rings is 1. The number of aryl methyl sites for hydroxylation is 3. The van der Waals surface area contributed by atoms with Crippen molar-refractivity contribution < 1.29 is 14.3 Å². The van der Waals surface area contributed by atoms with Gasteiger partial charge in [0.25, 0.3) is 11.8 Å². The van der Waals surface area contributed by atoms with Crippen LogP contribution in [0.5, 0.6) is 0 Å². The lowest BCUT2D eigenvalue weighted by Gasteiger charge is -2.27. The Morgan fingerprint density at radius 2 is 1.58 bits per heavy atom. The van der Waals surface area contributed by atoms with Crippen LogP contribution in [-0.2, 0) is 4.74 Å². The summed E-state index contributed by atoms with van der Waals surface area (Å²) in [6, 6.07) is 11.0. The number of amides is 2. The van der Waals surface area contributed by atoms with Gasteiger partial charge in [0.1, 0.15) is 0 Å². The zero-order valence-corrected chi connectivity index (χ0v) is 15.5. The highest BCUT2D eigenvalue weighted by Crippen LogP contribution is 2.21. The van der Waals surface area contributed by atoms with E-state index in [0.29, 0.717) is 43.1 Å². The first-order valence-corrected chi connectivity index (χ1v) is 8.82. The van der Waals surface area contributed by atoms with E-state index in [0.717, 1.165) is 16.7 Å². The molecule has 136 valence electrons. The van der Waals surface area contributed by atoms with Crippen LogP contribution in [0.4, 0.5) is 5.69 Å². The number of benzene rings is 2. The Labute approximate surface area is 154 Å². The smallest absolute Gasteiger partial charge is 0.256 e. The number of nitrogens with zero attached hydrogens (tertiary/aromatic N) is 1. The van der Waals surface area contributed by atoms with Crippen molar-refractivity contribution in [2.75, 3.05) is 31.6 Å². The average molecular weight is 352 g/mol. The highest BCUT2D eigenvalue weighted by atomic mass is 16.5. The molecule has 0 radical (unpaired) electrons. The Balaban J connectivity index is 1.85. The quantitative estimate of drug-likeness (QED) is 0.922. The van der Waals surface area contributed by atoms with Crippen LogP contribution in [-0.4, -0.2) is 43.0 Å². The standard InChI is InChI=1S/C21H24N2O3/c1-14-12-16(3)18(13-15(14)2)20(24)22-19-7-5-4-6-17(19)21(25)23-8-10-26-11-9-23/h4-7,12-13H,8-11H2,1-3H3,(H,22,24). The lowest BCUT2D eigenvalue weighted by Crippen LogP contribution is -2.41. The molecule has 1 saturated heterocycles. The van der Waals surface area contributed by atoms with Gasteiger partial charge >= 0.3 is 0 Å². The molecule has 1 fully saturated rings. The second kappa shape index (κ2) is 7.70. The molecule has 0 bridgehead atoms. The van der Waals surface area contributed by atoms with E-state index in [9.17, 15) is 9.59 Å². The molecule has 26 heavy (non-hydrogen) atoms. The van der Waals surface area contributed by atoms with Crippen molar-refractivity contribution in [2.45, 2.75) is 20.8 Å². The summed E-state index contributed by atoms with van der Waals surface area (Å²) < 4.78 is 5.31. The molecule has 5 heteroatoms. The highest BCUT2D eigenvalue weighted by Gasteiger charge is 2.22. The molecule has 0 atom stereocenters. The molecule has 0 saturated carbocycles. The predicted octanol–water partition coefficient (Wildman–Crippen LogP) is 3.34. The first kappa shape index (κ1) is 18.1. The number of hydrogen-bond acceptors (Lipinski definition) is 3. The van der Waals surface area contributed by atoms with E-state index in [4.69, 9.17) is 4.74 Å². The number of ether oxygens (including phenoxy) is 1. The summed E-state index contributed by atoms with van der Waals surface area (Å²) in [6.07, 6.45) is 0. The summed E-state index contributed by atoms with van der Waals surface area (Å²) in [6.45, 7) is 8.16. The van der Waals surface area contributed by atoms with Gasteiger partial charge in [-0.3, -0.25) is 9.59 Å². The fourth-order valence-corrected chi connectivity index (χ4v) is 3.11. The molecule has 0 aliphatic carbocycles. The topological polar surface area (TPSA) is 58.6 Å². The Bertz CT molecular complexity index is 839. The van der Waals surface area contributed by atoms with Crippen LogP contribution >= 0.6 is 0 Å². The molecule has 5 nitrogen and oxygen atoms in total. The molecule has 1 heterocycles. The van der Waals surface area contributed by atoms with Crippen LogP contribution in [0.2, 0.25) is 0 Å². The minimum absolute atomic E-state index is 0.0824. The van der Waals surface area contributed by atoms with Crippen molar-refractivity contribution in [1.82, 2.24) is 4.90 Å². The van der Waals surface area contributed by atoms with E-state index in [1.807, 2.05) is 45.0 Å². The molecule has 3 rings (SSSR count). The summed E-state index contributed by atoms with van der Waals surface area (Å²) >= 11 is 0. The highest BCUT2D eigenvalue weighted by molar-refractivity contribution is 6.09. The van der Waals surface area contributed by atoms with Gasteiger partial charge in [-0.05, 0) is 55.7 Å².